The van der Waals surface area contributed by atoms with E-state index >= 15 is 0 Å². The van der Waals surface area contributed by atoms with Gasteiger partial charge in [0.15, 0.2) is 34.7 Å². The zero-order chi connectivity index (χ0) is 31.5. The Morgan fingerprint density at radius 2 is 1.24 bits per heavy atom. The molecular formula is C30H29NO10S. The van der Waals surface area contributed by atoms with E-state index in [0.717, 1.165) is 35.2 Å². The maximum Gasteiger partial charge on any atom is 0.410 e. The molecule has 0 saturated carbocycles. The minimum absolute atomic E-state index is 0.0390. The second-order valence-corrected chi connectivity index (χ2v) is 13.2. The highest BCUT2D eigenvalue weighted by molar-refractivity contribution is 7.91. The van der Waals surface area contributed by atoms with Gasteiger partial charge in [0.2, 0.25) is 9.84 Å². The van der Waals surface area contributed by atoms with Crippen LogP contribution in [0.3, 0.4) is 0 Å². The molecule has 2 aliphatic carbocycles. The summed E-state index contributed by atoms with van der Waals surface area (Å²) in [5, 5.41) is 0. The number of nitrogens with zero attached hydrogens (tertiary/aromatic N) is 1. The van der Waals surface area contributed by atoms with Gasteiger partial charge in [0.05, 0.1) is 15.8 Å². The van der Waals surface area contributed by atoms with Crippen molar-refractivity contribution < 1.29 is 46.7 Å². The zero-order valence-electron chi connectivity index (χ0n) is 23.8. The van der Waals surface area contributed by atoms with Crippen molar-refractivity contribution in [2.45, 2.75) is 62.5 Å². The molecule has 0 aromatic heterocycles. The fourth-order valence-electron chi connectivity index (χ4n) is 4.89. The molecule has 4 rings (SSSR count). The van der Waals surface area contributed by atoms with Crippen molar-refractivity contribution >= 4 is 50.6 Å². The molecule has 1 amide bonds. The SMILES string of the molecule is CCC(=O)C1C(=O)c2ccc(S(=O)(=O)c3ccc4c(c3)C(=O)C(C(=O)[C@H](C)N(C)C(=O)OC(C)(C)C)C4=O)cc2C1=O. The lowest BCUT2D eigenvalue weighted by Gasteiger charge is -2.28. The number of hydrogen-bond donors (Lipinski definition) is 0. The Labute approximate surface area is 242 Å². The van der Waals surface area contributed by atoms with Gasteiger partial charge in [-0.05, 0) is 64.1 Å². The maximum absolute atomic E-state index is 13.5. The van der Waals surface area contributed by atoms with Crippen LogP contribution >= 0.6 is 0 Å². The Hall–Kier alpha value is -4.32. The summed E-state index contributed by atoms with van der Waals surface area (Å²) >= 11 is 0. The first-order valence-corrected chi connectivity index (χ1v) is 14.6. The van der Waals surface area contributed by atoms with E-state index in [1.54, 1.807) is 20.8 Å². The van der Waals surface area contributed by atoms with E-state index in [-0.39, 0.29) is 38.5 Å². The summed E-state index contributed by atoms with van der Waals surface area (Å²) in [6, 6.07) is 5.34. The third kappa shape index (κ3) is 5.00. The molecule has 0 N–H and O–H groups in total. The van der Waals surface area contributed by atoms with E-state index in [1.807, 2.05) is 0 Å². The lowest BCUT2D eigenvalue weighted by atomic mass is 9.93. The largest absolute Gasteiger partial charge is 0.444 e. The fraction of sp³-hybridized carbons (Fsp3) is 0.367. The van der Waals surface area contributed by atoms with Crippen molar-refractivity contribution in [3.8, 4) is 0 Å². The lowest BCUT2D eigenvalue weighted by molar-refractivity contribution is -0.124. The lowest BCUT2D eigenvalue weighted by Crippen LogP contribution is -2.47. The van der Waals surface area contributed by atoms with Crippen molar-refractivity contribution in [3.63, 3.8) is 0 Å². The van der Waals surface area contributed by atoms with Crippen molar-refractivity contribution in [1.82, 2.24) is 4.90 Å². The van der Waals surface area contributed by atoms with Crippen LogP contribution < -0.4 is 0 Å². The number of hydrogen-bond acceptors (Lipinski definition) is 10. The molecule has 0 spiro atoms. The van der Waals surface area contributed by atoms with Gasteiger partial charge in [-0.15, -0.1) is 0 Å². The molecule has 220 valence electrons. The summed E-state index contributed by atoms with van der Waals surface area (Å²) < 4.78 is 32.2. The van der Waals surface area contributed by atoms with Gasteiger partial charge in [-0.2, -0.15) is 0 Å². The number of ether oxygens (including phenoxy) is 1. The van der Waals surface area contributed by atoms with E-state index in [2.05, 4.69) is 0 Å². The van der Waals surface area contributed by atoms with E-state index in [0.29, 0.717) is 0 Å². The molecule has 2 aromatic rings. The topological polar surface area (TPSA) is 166 Å². The first-order valence-electron chi connectivity index (χ1n) is 13.1. The van der Waals surface area contributed by atoms with Crippen LogP contribution in [0.15, 0.2) is 46.2 Å². The molecular weight excluding hydrogens is 566 g/mol. The monoisotopic (exact) mass is 595 g/mol. The summed E-state index contributed by atoms with van der Waals surface area (Å²) in [7, 11) is -3.07. The normalized spacial score (nSPS) is 18.9. The molecule has 11 nitrogen and oxygen atoms in total. The van der Waals surface area contributed by atoms with E-state index in [9.17, 15) is 42.0 Å². The molecule has 0 saturated heterocycles. The van der Waals surface area contributed by atoms with Crippen LogP contribution in [-0.2, 0) is 24.2 Å². The summed E-state index contributed by atoms with van der Waals surface area (Å²) in [6.45, 7) is 7.79. The van der Waals surface area contributed by atoms with Crippen LogP contribution in [-0.4, -0.2) is 72.8 Å². The van der Waals surface area contributed by atoms with Crippen molar-refractivity contribution in [2.24, 2.45) is 11.8 Å². The number of fused-ring (bicyclic) bond motifs is 2. The maximum atomic E-state index is 13.5. The Bertz CT molecular complexity index is 1710. The first kappa shape index (κ1) is 30.6. The summed E-state index contributed by atoms with van der Waals surface area (Å²) in [5.74, 6) is -7.87. The highest BCUT2D eigenvalue weighted by Crippen LogP contribution is 2.35. The van der Waals surface area contributed by atoms with Crippen LogP contribution in [0.25, 0.3) is 0 Å². The number of benzene rings is 2. The molecule has 3 atom stereocenters. The molecule has 0 fully saturated rings. The standard InChI is InChI=1S/C30H29NO10S/c1-7-21(32)22-25(34)17-10-8-15(12-19(17)27(22)36)42(39,40)16-9-11-18-20(13-16)28(37)23(26(18)35)24(33)14(2)31(6)29(38)41-30(3,4)5/h8-14,22-23H,7H2,1-6H3/t14-,22?,23?/m0/s1. The number of rotatable bonds is 7. The van der Waals surface area contributed by atoms with Crippen LogP contribution in [0.2, 0.25) is 0 Å². The van der Waals surface area contributed by atoms with Gasteiger partial charge in [0.25, 0.3) is 0 Å². The molecule has 0 radical (unpaired) electrons. The van der Waals surface area contributed by atoms with Crippen molar-refractivity contribution in [2.75, 3.05) is 7.05 Å². The van der Waals surface area contributed by atoms with Gasteiger partial charge in [0.1, 0.15) is 17.4 Å². The minimum atomic E-state index is -4.37. The van der Waals surface area contributed by atoms with Gasteiger partial charge in [-0.25, -0.2) is 13.2 Å². The Kier molecular flexibility index (Phi) is 7.66. The number of carbonyl (C=O) groups is 7. The Balaban J connectivity index is 1.63. The zero-order valence-corrected chi connectivity index (χ0v) is 24.7. The average molecular weight is 596 g/mol. The molecule has 2 aliphatic rings. The molecule has 12 heteroatoms. The van der Waals surface area contributed by atoms with Crippen molar-refractivity contribution in [3.05, 3.63) is 58.7 Å². The second-order valence-electron chi connectivity index (χ2n) is 11.2. The minimum Gasteiger partial charge on any atom is -0.444 e. The molecule has 0 bridgehead atoms. The van der Waals surface area contributed by atoms with Gasteiger partial charge in [-0.3, -0.25) is 28.8 Å². The first-order chi connectivity index (χ1) is 19.4. The predicted molar refractivity (Wildman–Crippen MR) is 146 cm³/mol. The van der Waals surface area contributed by atoms with Gasteiger partial charge >= 0.3 is 6.09 Å². The smallest absolute Gasteiger partial charge is 0.410 e. The molecule has 2 unspecified atom stereocenters. The van der Waals surface area contributed by atoms with Crippen LogP contribution in [0, 0.1) is 11.8 Å². The number of likely N-dealkylation sites (N-methyl/N-ethyl adjacent to an activating group) is 1. The summed E-state index contributed by atoms with van der Waals surface area (Å²) in [4.78, 5) is 89.8. The van der Waals surface area contributed by atoms with E-state index in [4.69, 9.17) is 4.74 Å². The number of ketones is 6. The highest BCUT2D eigenvalue weighted by atomic mass is 32.2. The molecule has 0 aliphatic heterocycles. The van der Waals surface area contributed by atoms with Crippen LogP contribution in [0.5, 0.6) is 0 Å². The number of Topliss-reactive ketones (excluding diaryl/α,β-unsaturated/α-hetero) is 6. The summed E-state index contributed by atoms with van der Waals surface area (Å²) in [6.07, 6.45) is -0.866. The van der Waals surface area contributed by atoms with Gasteiger partial charge in [-0.1, -0.05) is 6.92 Å². The third-order valence-electron chi connectivity index (χ3n) is 7.34. The van der Waals surface area contributed by atoms with Gasteiger partial charge < -0.3 is 9.64 Å². The highest BCUT2D eigenvalue weighted by Gasteiger charge is 2.47. The number of sulfone groups is 1. The Morgan fingerprint density at radius 3 is 1.69 bits per heavy atom. The fourth-order valence-corrected chi connectivity index (χ4v) is 6.21. The Morgan fingerprint density at radius 1 is 0.810 bits per heavy atom. The third-order valence-corrected chi connectivity index (χ3v) is 9.09. The van der Waals surface area contributed by atoms with E-state index in [1.165, 1.54) is 27.0 Å². The van der Waals surface area contributed by atoms with Crippen LogP contribution in [0.1, 0.15) is 82.5 Å². The number of carbonyl (C=O) groups excluding carboxylic acids is 7. The average Bonchev–Trinajstić information content (AvgIpc) is 3.33. The molecule has 2 aromatic carbocycles. The van der Waals surface area contributed by atoms with Gasteiger partial charge in [0, 0.05) is 35.7 Å². The number of amides is 1. The quantitative estimate of drug-likeness (QED) is 0.433. The van der Waals surface area contributed by atoms with Crippen LogP contribution in [0.4, 0.5) is 4.79 Å². The molecule has 42 heavy (non-hydrogen) atoms. The molecule has 0 heterocycles. The predicted octanol–water partition coefficient (Wildman–Crippen LogP) is 3.31. The van der Waals surface area contributed by atoms with Crippen molar-refractivity contribution in [1.29, 1.82) is 0 Å². The van der Waals surface area contributed by atoms with E-state index < -0.39 is 74.1 Å². The summed E-state index contributed by atoms with van der Waals surface area (Å²) in [5.41, 5.74) is -1.49. The second kappa shape index (κ2) is 10.5.